The van der Waals surface area contributed by atoms with Crippen LogP contribution in [0, 0.1) is 0 Å². The van der Waals surface area contributed by atoms with Crippen molar-refractivity contribution in [2.45, 2.75) is 13.0 Å². The highest BCUT2D eigenvalue weighted by molar-refractivity contribution is 6.30. The Bertz CT molecular complexity index is 767. The molecule has 22 heavy (non-hydrogen) atoms. The minimum atomic E-state index is -0.00753. The van der Waals surface area contributed by atoms with Crippen molar-refractivity contribution in [3.63, 3.8) is 0 Å². The predicted octanol–water partition coefficient (Wildman–Crippen LogP) is 1.90. The van der Waals surface area contributed by atoms with Crippen LogP contribution in [0.25, 0.3) is 11.2 Å². The van der Waals surface area contributed by atoms with E-state index < -0.39 is 0 Å². The Hall–Kier alpha value is -2.45. The molecule has 1 atom stereocenters. The molecule has 1 unspecified atom stereocenters. The molecular weight excluding hydrogens is 304 g/mol. The number of nitrogens with two attached hydrogens (primary N) is 1. The van der Waals surface area contributed by atoms with Gasteiger partial charge in [0.25, 0.3) is 0 Å². The molecule has 114 valence electrons. The Morgan fingerprint density at radius 2 is 2.05 bits per heavy atom. The van der Waals surface area contributed by atoms with Crippen LogP contribution in [0.2, 0.25) is 5.02 Å². The second-order valence-electron chi connectivity index (χ2n) is 4.89. The molecule has 0 aliphatic rings. The standard InChI is InChI=1S/C13H15ClN8/c1-7(15)6-16-13-18-11(10-12(19-13)21-22-20-10)17-9-4-2-8(14)3-5-9/h2-5,7H,6,15H2,1H3,(H3,16,17,18,19,20,21,22). The van der Waals surface area contributed by atoms with Gasteiger partial charge in [0.2, 0.25) is 5.95 Å². The number of halogens is 1. The van der Waals surface area contributed by atoms with Crippen LogP contribution >= 0.6 is 11.6 Å². The predicted molar refractivity (Wildman–Crippen MR) is 86.4 cm³/mol. The molecular formula is C13H15ClN8. The van der Waals surface area contributed by atoms with Crippen molar-refractivity contribution in [3.8, 4) is 0 Å². The minimum absolute atomic E-state index is 0.00753. The third-order valence-corrected chi connectivity index (χ3v) is 3.13. The number of H-pyrrole nitrogens is 1. The molecule has 0 aliphatic heterocycles. The molecule has 2 heterocycles. The van der Waals surface area contributed by atoms with Crippen LogP contribution in [0.15, 0.2) is 24.3 Å². The molecule has 0 amide bonds. The average molecular weight is 319 g/mol. The average Bonchev–Trinajstić information content (AvgIpc) is 2.96. The van der Waals surface area contributed by atoms with Gasteiger partial charge >= 0.3 is 0 Å². The summed E-state index contributed by atoms with van der Waals surface area (Å²) in [6.07, 6.45) is 0. The zero-order valence-electron chi connectivity index (χ0n) is 11.8. The zero-order chi connectivity index (χ0) is 15.5. The van der Waals surface area contributed by atoms with Crippen molar-refractivity contribution in [1.29, 1.82) is 0 Å². The van der Waals surface area contributed by atoms with E-state index >= 15 is 0 Å². The van der Waals surface area contributed by atoms with Gasteiger partial charge in [0.15, 0.2) is 17.0 Å². The van der Waals surface area contributed by atoms with Crippen molar-refractivity contribution in [3.05, 3.63) is 29.3 Å². The first-order valence-electron chi connectivity index (χ1n) is 6.72. The van der Waals surface area contributed by atoms with Crippen molar-refractivity contribution in [2.75, 3.05) is 17.2 Å². The van der Waals surface area contributed by atoms with Crippen LogP contribution in [0.5, 0.6) is 0 Å². The van der Waals surface area contributed by atoms with Gasteiger partial charge in [-0.05, 0) is 31.2 Å². The first kappa shape index (κ1) is 14.5. The van der Waals surface area contributed by atoms with Crippen LogP contribution in [0.1, 0.15) is 6.92 Å². The minimum Gasteiger partial charge on any atom is -0.353 e. The number of rotatable bonds is 5. The lowest BCUT2D eigenvalue weighted by Gasteiger charge is -2.10. The lowest BCUT2D eigenvalue weighted by Crippen LogP contribution is -2.26. The van der Waals surface area contributed by atoms with Gasteiger partial charge in [0, 0.05) is 23.3 Å². The third-order valence-electron chi connectivity index (χ3n) is 2.88. The first-order chi connectivity index (χ1) is 10.6. The van der Waals surface area contributed by atoms with Crippen LogP contribution in [-0.4, -0.2) is 38.0 Å². The fourth-order valence-electron chi connectivity index (χ4n) is 1.84. The Labute approximate surface area is 131 Å². The maximum Gasteiger partial charge on any atom is 0.226 e. The molecule has 1 aromatic carbocycles. The maximum absolute atomic E-state index is 5.89. The molecule has 8 nitrogen and oxygen atoms in total. The van der Waals surface area contributed by atoms with Gasteiger partial charge < -0.3 is 16.4 Å². The van der Waals surface area contributed by atoms with Crippen molar-refractivity contribution < 1.29 is 0 Å². The summed E-state index contributed by atoms with van der Waals surface area (Å²) in [5.41, 5.74) is 7.67. The number of nitrogens with one attached hydrogen (secondary N) is 3. The molecule has 0 radical (unpaired) electrons. The Morgan fingerprint density at radius 3 is 2.77 bits per heavy atom. The van der Waals surface area contributed by atoms with E-state index in [2.05, 4.69) is 36.0 Å². The normalized spacial score (nSPS) is 12.3. The largest absolute Gasteiger partial charge is 0.353 e. The number of benzene rings is 1. The third kappa shape index (κ3) is 3.23. The zero-order valence-corrected chi connectivity index (χ0v) is 12.6. The maximum atomic E-state index is 5.89. The van der Waals surface area contributed by atoms with E-state index in [4.69, 9.17) is 17.3 Å². The monoisotopic (exact) mass is 318 g/mol. The van der Waals surface area contributed by atoms with E-state index in [-0.39, 0.29) is 6.04 Å². The Morgan fingerprint density at radius 1 is 1.27 bits per heavy atom. The SMILES string of the molecule is CC(N)CNc1nc(Nc2ccc(Cl)cc2)c2nn[nH]c2n1. The number of nitrogens with zero attached hydrogens (tertiary/aromatic N) is 4. The summed E-state index contributed by atoms with van der Waals surface area (Å²) < 4.78 is 0. The molecule has 3 rings (SSSR count). The Balaban J connectivity index is 1.92. The van der Waals surface area contributed by atoms with Gasteiger partial charge in [-0.2, -0.15) is 9.97 Å². The summed E-state index contributed by atoms with van der Waals surface area (Å²) >= 11 is 5.89. The molecule has 3 aromatic rings. The summed E-state index contributed by atoms with van der Waals surface area (Å²) in [7, 11) is 0. The number of fused-ring (bicyclic) bond motifs is 1. The molecule has 9 heteroatoms. The van der Waals surface area contributed by atoms with E-state index in [9.17, 15) is 0 Å². The van der Waals surface area contributed by atoms with E-state index in [0.29, 0.717) is 34.5 Å². The van der Waals surface area contributed by atoms with E-state index in [1.807, 2.05) is 19.1 Å². The highest BCUT2D eigenvalue weighted by Gasteiger charge is 2.11. The van der Waals surface area contributed by atoms with Crippen LogP contribution in [-0.2, 0) is 0 Å². The first-order valence-corrected chi connectivity index (χ1v) is 7.10. The fraction of sp³-hybridized carbons (Fsp3) is 0.231. The van der Waals surface area contributed by atoms with Gasteiger partial charge in [-0.25, -0.2) is 5.10 Å². The topological polar surface area (TPSA) is 117 Å². The van der Waals surface area contributed by atoms with Gasteiger partial charge in [0.05, 0.1) is 0 Å². The number of hydrogen-bond donors (Lipinski definition) is 4. The second kappa shape index (κ2) is 6.12. The summed E-state index contributed by atoms with van der Waals surface area (Å²) in [6, 6.07) is 7.28. The van der Waals surface area contributed by atoms with Crippen molar-refractivity contribution in [1.82, 2.24) is 25.4 Å². The van der Waals surface area contributed by atoms with Gasteiger partial charge in [-0.15, -0.1) is 5.10 Å². The van der Waals surface area contributed by atoms with E-state index in [0.717, 1.165) is 5.69 Å². The highest BCUT2D eigenvalue weighted by atomic mass is 35.5. The number of aromatic amines is 1. The van der Waals surface area contributed by atoms with Crippen LogP contribution < -0.4 is 16.4 Å². The summed E-state index contributed by atoms with van der Waals surface area (Å²) in [4.78, 5) is 8.72. The summed E-state index contributed by atoms with van der Waals surface area (Å²) in [6.45, 7) is 2.46. The quantitative estimate of drug-likeness (QED) is 0.567. The van der Waals surface area contributed by atoms with Crippen molar-refractivity contribution in [2.24, 2.45) is 5.73 Å². The molecule has 0 bridgehead atoms. The van der Waals surface area contributed by atoms with Gasteiger partial charge in [-0.3, -0.25) is 0 Å². The highest BCUT2D eigenvalue weighted by Crippen LogP contribution is 2.23. The Kier molecular flexibility index (Phi) is 4.03. The molecule has 2 aromatic heterocycles. The van der Waals surface area contributed by atoms with E-state index in [1.165, 1.54) is 0 Å². The smallest absolute Gasteiger partial charge is 0.226 e. The lowest BCUT2D eigenvalue weighted by molar-refractivity contribution is 0.774. The molecule has 0 spiro atoms. The van der Waals surface area contributed by atoms with Crippen molar-refractivity contribution >= 4 is 40.2 Å². The molecule has 0 aliphatic carbocycles. The van der Waals surface area contributed by atoms with Gasteiger partial charge in [-0.1, -0.05) is 16.8 Å². The van der Waals surface area contributed by atoms with Crippen LogP contribution in [0.3, 0.4) is 0 Å². The summed E-state index contributed by atoms with van der Waals surface area (Å²) in [5, 5.41) is 17.4. The molecule has 0 fully saturated rings. The number of aromatic nitrogens is 5. The summed E-state index contributed by atoms with van der Waals surface area (Å²) in [5.74, 6) is 1.00. The molecule has 0 saturated carbocycles. The molecule has 0 saturated heterocycles. The lowest BCUT2D eigenvalue weighted by atomic mass is 10.3. The number of anilines is 3. The van der Waals surface area contributed by atoms with Crippen LogP contribution in [0.4, 0.5) is 17.5 Å². The second-order valence-corrected chi connectivity index (χ2v) is 5.33. The van der Waals surface area contributed by atoms with E-state index in [1.54, 1.807) is 12.1 Å². The fourth-order valence-corrected chi connectivity index (χ4v) is 1.96. The van der Waals surface area contributed by atoms with Gasteiger partial charge in [0.1, 0.15) is 0 Å². The molecule has 5 N–H and O–H groups in total. The number of hydrogen-bond acceptors (Lipinski definition) is 7.